The molecule has 1 saturated heterocycles. The number of benzene rings is 2. The molecule has 2 aliphatic rings. The van der Waals surface area contributed by atoms with Crippen molar-refractivity contribution in [3.8, 4) is 17.2 Å². The van der Waals surface area contributed by atoms with Crippen LogP contribution in [0.1, 0.15) is 28.8 Å². The van der Waals surface area contributed by atoms with E-state index in [0.29, 0.717) is 37.1 Å². The molecule has 35 heavy (non-hydrogen) atoms. The number of nitrogens with one attached hydrogen (secondary N) is 1. The first-order valence-corrected chi connectivity index (χ1v) is 12.2. The zero-order chi connectivity index (χ0) is 24.2. The number of ether oxygens (including phenoxy) is 3. The summed E-state index contributed by atoms with van der Waals surface area (Å²) in [6.07, 6.45) is 2.92. The molecule has 2 aromatic carbocycles. The maximum Gasteiger partial charge on any atom is 0.251 e. The Bertz CT molecular complexity index is 1260. The summed E-state index contributed by atoms with van der Waals surface area (Å²) in [7, 11) is 1.56. The third kappa shape index (κ3) is 5.18. The molecule has 0 saturated carbocycles. The molecule has 1 N–H and O–H groups in total. The smallest absolute Gasteiger partial charge is 0.251 e. The Morgan fingerprint density at radius 2 is 1.83 bits per heavy atom. The number of hydrogen-bond donors (Lipinski definition) is 1. The van der Waals surface area contributed by atoms with Crippen LogP contribution in [0.2, 0.25) is 0 Å². The lowest BCUT2D eigenvalue weighted by atomic mass is 10.0. The number of piperidine rings is 1. The van der Waals surface area contributed by atoms with Gasteiger partial charge in [0, 0.05) is 48.8 Å². The first kappa shape index (κ1) is 23.4. The first-order chi connectivity index (χ1) is 17.1. The Morgan fingerprint density at radius 1 is 1.03 bits per heavy atom. The fourth-order valence-corrected chi connectivity index (χ4v) is 4.91. The molecule has 0 radical (unpaired) electrons. The van der Waals surface area contributed by atoms with Gasteiger partial charge in [0.1, 0.15) is 19.0 Å². The van der Waals surface area contributed by atoms with Gasteiger partial charge in [-0.05, 0) is 55.8 Å². The number of fused-ring (bicyclic) bond motifs is 2. The SMILES string of the molecule is COc1cc(C=O)c2ccc(=O)n(CCN3CCC(NCc4ccc5c(c4)OCCO5)CC3)c2c1. The highest BCUT2D eigenvalue weighted by Gasteiger charge is 2.20. The molecular weight excluding hydrogens is 446 g/mol. The number of aldehydes is 1. The van der Waals surface area contributed by atoms with E-state index in [1.807, 2.05) is 12.1 Å². The highest BCUT2D eigenvalue weighted by molar-refractivity contribution is 5.97. The Kier molecular flexibility index (Phi) is 7.01. The van der Waals surface area contributed by atoms with Gasteiger partial charge in [-0.2, -0.15) is 0 Å². The van der Waals surface area contributed by atoms with Crippen molar-refractivity contribution in [2.45, 2.75) is 32.0 Å². The summed E-state index contributed by atoms with van der Waals surface area (Å²) < 4.78 is 18.4. The van der Waals surface area contributed by atoms with Crippen molar-refractivity contribution in [1.82, 2.24) is 14.8 Å². The monoisotopic (exact) mass is 477 g/mol. The molecule has 1 fully saturated rings. The van der Waals surface area contributed by atoms with Gasteiger partial charge in [0.15, 0.2) is 17.8 Å². The molecule has 5 rings (SSSR count). The summed E-state index contributed by atoms with van der Waals surface area (Å²) >= 11 is 0. The van der Waals surface area contributed by atoms with Gasteiger partial charge in [0.25, 0.3) is 5.56 Å². The Labute approximate surface area is 204 Å². The fraction of sp³-hybridized carbons (Fsp3) is 0.407. The lowest BCUT2D eigenvalue weighted by Crippen LogP contribution is -2.43. The zero-order valence-electron chi connectivity index (χ0n) is 20.0. The van der Waals surface area contributed by atoms with Crippen molar-refractivity contribution in [3.05, 3.63) is 63.9 Å². The van der Waals surface area contributed by atoms with Gasteiger partial charge in [-0.1, -0.05) is 6.07 Å². The summed E-state index contributed by atoms with van der Waals surface area (Å²) in [5.74, 6) is 2.22. The van der Waals surface area contributed by atoms with E-state index in [1.54, 1.807) is 23.8 Å². The van der Waals surface area contributed by atoms with Crippen molar-refractivity contribution in [2.75, 3.05) is 40.0 Å². The average Bonchev–Trinajstić information content (AvgIpc) is 2.91. The Morgan fingerprint density at radius 3 is 2.60 bits per heavy atom. The largest absolute Gasteiger partial charge is 0.497 e. The molecule has 0 spiro atoms. The van der Waals surface area contributed by atoms with Crippen molar-refractivity contribution in [3.63, 3.8) is 0 Å². The van der Waals surface area contributed by atoms with Gasteiger partial charge in [0.05, 0.1) is 12.6 Å². The average molecular weight is 478 g/mol. The summed E-state index contributed by atoms with van der Waals surface area (Å²) in [6, 6.07) is 13.4. The molecule has 0 atom stereocenters. The van der Waals surface area contributed by atoms with Gasteiger partial charge in [-0.15, -0.1) is 0 Å². The number of likely N-dealkylation sites (tertiary alicyclic amines) is 1. The molecule has 1 aromatic heterocycles. The third-order valence-corrected chi connectivity index (χ3v) is 6.90. The summed E-state index contributed by atoms with van der Waals surface area (Å²) in [5.41, 5.74) is 2.38. The van der Waals surface area contributed by atoms with Crippen molar-refractivity contribution >= 4 is 17.2 Å². The van der Waals surface area contributed by atoms with Gasteiger partial charge in [0.2, 0.25) is 0 Å². The van der Waals surface area contributed by atoms with E-state index in [2.05, 4.69) is 22.3 Å². The minimum Gasteiger partial charge on any atom is -0.497 e. The zero-order valence-corrected chi connectivity index (χ0v) is 20.0. The number of methoxy groups -OCH3 is 1. The van der Waals surface area contributed by atoms with E-state index in [-0.39, 0.29) is 5.56 Å². The van der Waals surface area contributed by atoms with Crippen LogP contribution in [0.4, 0.5) is 0 Å². The van der Waals surface area contributed by atoms with Crippen LogP contribution in [0, 0.1) is 0 Å². The molecule has 8 heteroatoms. The maximum absolute atomic E-state index is 12.7. The molecule has 0 bridgehead atoms. The van der Waals surface area contributed by atoms with Crippen LogP contribution in [-0.4, -0.2) is 61.8 Å². The molecule has 2 aliphatic heterocycles. The predicted octanol–water partition coefficient (Wildman–Crippen LogP) is 2.85. The van der Waals surface area contributed by atoms with Crippen LogP contribution in [0.3, 0.4) is 0 Å². The second-order valence-electron chi connectivity index (χ2n) is 9.07. The second-order valence-corrected chi connectivity index (χ2v) is 9.07. The van der Waals surface area contributed by atoms with Crippen LogP contribution in [0.15, 0.2) is 47.3 Å². The van der Waals surface area contributed by atoms with E-state index >= 15 is 0 Å². The molecule has 3 aromatic rings. The van der Waals surface area contributed by atoms with Gasteiger partial charge in [-0.25, -0.2) is 0 Å². The van der Waals surface area contributed by atoms with Crippen LogP contribution < -0.4 is 25.1 Å². The molecule has 8 nitrogen and oxygen atoms in total. The Balaban J connectivity index is 1.17. The van der Waals surface area contributed by atoms with E-state index in [1.165, 1.54) is 11.6 Å². The fourth-order valence-electron chi connectivity index (χ4n) is 4.91. The summed E-state index contributed by atoms with van der Waals surface area (Å²) in [5, 5.41) is 4.44. The first-order valence-electron chi connectivity index (χ1n) is 12.2. The minimum atomic E-state index is -0.0708. The van der Waals surface area contributed by atoms with Crippen LogP contribution in [0.5, 0.6) is 17.2 Å². The quantitative estimate of drug-likeness (QED) is 0.500. The van der Waals surface area contributed by atoms with Crippen molar-refractivity contribution < 1.29 is 19.0 Å². The Hall–Kier alpha value is -3.36. The molecule has 0 aliphatic carbocycles. The summed E-state index contributed by atoms with van der Waals surface area (Å²) in [6.45, 7) is 5.29. The number of carbonyl (C=O) groups is 1. The highest BCUT2D eigenvalue weighted by Crippen LogP contribution is 2.30. The molecule has 0 unspecified atom stereocenters. The van der Waals surface area contributed by atoms with Crippen LogP contribution in [0.25, 0.3) is 10.9 Å². The van der Waals surface area contributed by atoms with Crippen LogP contribution in [-0.2, 0) is 13.1 Å². The third-order valence-electron chi connectivity index (χ3n) is 6.90. The van der Waals surface area contributed by atoms with E-state index in [4.69, 9.17) is 14.2 Å². The number of carbonyl (C=O) groups excluding carboxylic acids is 1. The number of aromatic nitrogens is 1. The van der Waals surface area contributed by atoms with Crippen LogP contribution >= 0.6 is 0 Å². The van der Waals surface area contributed by atoms with Crippen molar-refractivity contribution in [1.29, 1.82) is 0 Å². The second kappa shape index (κ2) is 10.5. The van der Waals surface area contributed by atoms with E-state index in [9.17, 15) is 9.59 Å². The normalized spacial score (nSPS) is 16.4. The predicted molar refractivity (Wildman–Crippen MR) is 134 cm³/mol. The topological polar surface area (TPSA) is 82.0 Å². The van der Waals surface area contributed by atoms with Gasteiger partial charge < -0.3 is 29.0 Å². The molecule has 184 valence electrons. The molecule has 3 heterocycles. The van der Waals surface area contributed by atoms with Gasteiger partial charge in [-0.3, -0.25) is 9.59 Å². The number of pyridine rings is 1. The standard InChI is InChI=1S/C27H31N3O5/c1-33-22-15-20(18-31)23-3-5-27(32)30(24(23)16-22)11-10-29-8-6-21(7-9-29)28-17-19-2-4-25-26(14-19)35-13-12-34-25/h2-5,14-16,18,21,28H,6-13,17H2,1H3. The number of nitrogens with zero attached hydrogens (tertiary/aromatic N) is 2. The molecular formula is C27H31N3O5. The van der Waals surface area contributed by atoms with E-state index < -0.39 is 0 Å². The number of hydrogen-bond acceptors (Lipinski definition) is 7. The summed E-state index contributed by atoms with van der Waals surface area (Å²) in [4.78, 5) is 26.6. The lowest BCUT2D eigenvalue weighted by molar-refractivity contribution is 0.112. The highest BCUT2D eigenvalue weighted by atomic mass is 16.6. The van der Waals surface area contributed by atoms with E-state index in [0.717, 1.165) is 67.7 Å². The minimum absolute atomic E-state index is 0.0708. The lowest BCUT2D eigenvalue weighted by Gasteiger charge is -2.32. The number of rotatable bonds is 8. The van der Waals surface area contributed by atoms with Crippen molar-refractivity contribution in [2.24, 2.45) is 0 Å². The molecule has 0 amide bonds. The maximum atomic E-state index is 12.7. The van der Waals surface area contributed by atoms with Gasteiger partial charge >= 0.3 is 0 Å².